The summed E-state index contributed by atoms with van der Waals surface area (Å²) in [4.78, 5) is 23.1. The number of carbonyl (C=O) groups is 1. The quantitative estimate of drug-likeness (QED) is 0.869. The Labute approximate surface area is 137 Å². The van der Waals surface area contributed by atoms with Crippen LogP contribution in [-0.4, -0.2) is 33.4 Å². The van der Waals surface area contributed by atoms with Gasteiger partial charge in [-0.05, 0) is 44.6 Å². The minimum Gasteiger partial charge on any atom is -0.336 e. The molecular formula is C19H23N3O. The highest BCUT2D eigenvalue weighted by atomic mass is 16.2. The maximum atomic E-state index is 12.9. The van der Waals surface area contributed by atoms with Crippen LogP contribution in [0.1, 0.15) is 47.3 Å². The third-order valence-electron chi connectivity index (χ3n) is 4.64. The maximum absolute atomic E-state index is 12.9. The molecule has 1 aromatic heterocycles. The van der Waals surface area contributed by atoms with Gasteiger partial charge in [-0.3, -0.25) is 4.79 Å². The van der Waals surface area contributed by atoms with Crippen LogP contribution in [0.25, 0.3) is 0 Å². The van der Waals surface area contributed by atoms with Crippen molar-refractivity contribution >= 4 is 5.91 Å². The second kappa shape index (κ2) is 7.36. The Morgan fingerprint density at radius 3 is 2.87 bits per heavy atom. The lowest BCUT2D eigenvalue weighted by molar-refractivity contribution is 0.0600. The molecule has 1 aliphatic rings. The van der Waals surface area contributed by atoms with Gasteiger partial charge in [-0.2, -0.15) is 0 Å². The molecule has 1 fully saturated rings. The van der Waals surface area contributed by atoms with E-state index < -0.39 is 0 Å². The van der Waals surface area contributed by atoms with Crippen molar-refractivity contribution in [2.75, 3.05) is 6.54 Å². The van der Waals surface area contributed by atoms with Crippen molar-refractivity contribution in [3.63, 3.8) is 0 Å². The zero-order valence-corrected chi connectivity index (χ0v) is 13.6. The third-order valence-corrected chi connectivity index (χ3v) is 4.64. The average Bonchev–Trinajstić information content (AvgIpc) is 2.61. The van der Waals surface area contributed by atoms with Gasteiger partial charge in [0.05, 0.1) is 11.3 Å². The van der Waals surface area contributed by atoms with Crippen molar-refractivity contribution in [1.29, 1.82) is 0 Å². The topological polar surface area (TPSA) is 46.1 Å². The van der Waals surface area contributed by atoms with E-state index in [1.807, 2.05) is 17.9 Å². The standard InChI is InChI=1S/C19H23N3O/c1-15-18(13-20-14-21-15)19(23)22-12-6-5-9-17(22)11-10-16-7-3-2-4-8-16/h2-4,7-8,13-14,17H,5-6,9-12H2,1H3. The highest BCUT2D eigenvalue weighted by molar-refractivity contribution is 5.95. The highest BCUT2D eigenvalue weighted by Gasteiger charge is 2.28. The fourth-order valence-corrected chi connectivity index (χ4v) is 3.30. The number of aromatic nitrogens is 2. The Balaban J connectivity index is 1.71. The molecule has 0 saturated carbocycles. The fourth-order valence-electron chi connectivity index (χ4n) is 3.30. The van der Waals surface area contributed by atoms with Crippen molar-refractivity contribution in [2.24, 2.45) is 0 Å². The first-order chi connectivity index (χ1) is 11.3. The van der Waals surface area contributed by atoms with Crippen molar-refractivity contribution in [3.8, 4) is 0 Å². The largest absolute Gasteiger partial charge is 0.336 e. The number of rotatable bonds is 4. The number of benzene rings is 1. The summed E-state index contributed by atoms with van der Waals surface area (Å²) >= 11 is 0. The molecule has 1 aliphatic heterocycles. The van der Waals surface area contributed by atoms with E-state index in [0.29, 0.717) is 11.6 Å². The molecule has 0 aliphatic carbocycles. The van der Waals surface area contributed by atoms with Crippen molar-refractivity contribution in [3.05, 3.63) is 59.7 Å². The van der Waals surface area contributed by atoms with Crippen molar-refractivity contribution in [2.45, 2.75) is 45.1 Å². The molecule has 1 unspecified atom stereocenters. The van der Waals surface area contributed by atoms with Crippen LogP contribution in [0.4, 0.5) is 0 Å². The molecule has 120 valence electrons. The number of piperidine rings is 1. The average molecular weight is 309 g/mol. The predicted molar refractivity (Wildman–Crippen MR) is 90.2 cm³/mol. The van der Waals surface area contributed by atoms with E-state index in [1.165, 1.54) is 18.3 Å². The molecule has 2 aromatic rings. The van der Waals surface area contributed by atoms with Gasteiger partial charge in [-0.1, -0.05) is 30.3 Å². The van der Waals surface area contributed by atoms with E-state index in [-0.39, 0.29) is 5.91 Å². The van der Waals surface area contributed by atoms with Gasteiger partial charge in [0.25, 0.3) is 5.91 Å². The van der Waals surface area contributed by atoms with Crippen LogP contribution < -0.4 is 0 Å². The summed E-state index contributed by atoms with van der Waals surface area (Å²) < 4.78 is 0. The Hall–Kier alpha value is -2.23. The van der Waals surface area contributed by atoms with Crippen molar-refractivity contribution < 1.29 is 4.79 Å². The third kappa shape index (κ3) is 3.76. The van der Waals surface area contributed by atoms with Gasteiger partial charge in [0.1, 0.15) is 6.33 Å². The van der Waals surface area contributed by atoms with Gasteiger partial charge in [-0.15, -0.1) is 0 Å². The summed E-state index contributed by atoms with van der Waals surface area (Å²) in [7, 11) is 0. The predicted octanol–water partition coefficient (Wildman–Crippen LogP) is 3.41. The molecule has 0 bridgehead atoms. The number of likely N-dealkylation sites (tertiary alicyclic amines) is 1. The molecule has 1 atom stereocenters. The first-order valence-electron chi connectivity index (χ1n) is 8.37. The molecule has 4 heteroatoms. The summed E-state index contributed by atoms with van der Waals surface area (Å²) in [5, 5.41) is 0. The molecule has 0 N–H and O–H groups in total. The first-order valence-corrected chi connectivity index (χ1v) is 8.37. The SMILES string of the molecule is Cc1ncncc1C(=O)N1CCCCC1CCc1ccccc1. The molecule has 23 heavy (non-hydrogen) atoms. The van der Waals surface area contributed by atoms with Crippen LogP contribution in [0, 0.1) is 6.92 Å². The summed E-state index contributed by atoms with van der Waals surface area (Å²) in [5.74, 6) is 0.0841. The monoisotopic (exact) mass is 309 g/mol. The molecule has 3 rings (SSSR count). The van der Waals surface area contributed by atoms with E-state index in [1.54, 1.807) is 6.20 Å². The highest BCUT2D eigenvalue weighted by Crippen LogP contribution is 2.23. The van der Waals surface area contributed by atoms with E-state index >= 15 is 0 Å². The summed E-state index contributed by atoms with van der Waals surface area (Å²) in [5.41, 5.74) is 2.74. The molecule has 1 amide bonds. The zero-order chi connectivity index (χ0) is 16.1. The summed E-state index contributed by atoms with van der Waals surface area (Å²) in [6.07, 6.45) is 8.55. The lowest BCUT2D eigenvalue weighted by Crippen LogP contribution is -2.44. The Morgan fingerprint density at radius 1 is 1.26 bits per heavy atom. The molecule has 2 heterocycles. The number of nitrogens with zero attached hydrogens (tertiary/aromatic N) is 3. The molecule has 1 saturated heterocycles. The van der Waals surface area contributed by atoms with Gasteiger partial charge in [0.2, 0.25) is 0 Å². The molecule has 1 aromatic carbocycles. The van der Waals surface area contributed by atoms with Crippen LogP contribution in [0.15, 0.2) is 42.9 Å². The van der Waals surface area contributed by atoms with Crippen molar-refractivity contribution in [1.82, 2.24) is 14.9 Å². The maximum Gasteiger partial charge on any atom is 0.257 e. The number of amides is 1. The summed E-state index contributed by atoms with van der Waals surface area (Å²) in [6, 6.07) is 10.8. The Kier molecular flexibility index (Phi) is 5.01. The summed E-state index contributed by atoms with van der Waals surface area (Å²) in [6.45, 7) is 2.71. The van der Waals surface area contributed by atoms with E-state index in [9.17, 15) is 4.79 Å². The number of carbonyl (C=O) groups excluding carboxylic acids is 1. The minimum absolute atomic E-state index is 0.0841. The number of hydrogen-bond acceptors (Lipinski definition) is 3. The van der Waals surface area contributed by atoms with Gasteiger partial charge in [0, 0.05) is 18.8 Å². The van der Waals surface area contributed by atoms with Crippen LogP contribution in [0.3, 0.4) is 0 Å². The second-order valence-electron chi connectivity index (χ2n) is 6.19. The number of aryl methyl sites for hydroxylation is 2. The van der Waals surface area contributed by atoms with Crippen LogP contribution >= 0.6 is 0 Å². The van der Waals surface area contributed by atoms with Crippen LogP contribution in [0.2, 0.25) is 0 Å². The zero-order valence-electron chi connectivity index (χ0n) is 13.6. The normalized spacial score (nSPS) is 18.0. The van der Waals surface area contributed by atoms with Gasteiger partial charge < -0.3 is 4.90 Å². The second-order valence-corrected chi connectivity index (χ2v) is 6.19. The van der Waals surface area contributed by atoms with E-state index in [4.69, 9.17) is 0 Å². The molecule has 0 radical (unpaired) electrons. The molecule has 0 spiro atoms. The Bertz CT molecular complexity index is 657. The van der Waals surface area contributed by atoms with Gasteiger partial charge in [0.15, 0.2) is 0 Å². The molecule has 4 nitrogen and oxygen atoms in total. The lowest BCUT2D eigenvalue weighted by Gasteiger charge is -2.36. The van der Waals surface area contributed by atoms with Gasteiger partial charge >= 0.3 is 0 Å². The van der Waals surface area contributed by atoms with E-state index in [0.717, 1.165) is 37.9 Å². The van der Waals surface area contributed by atoms with E-state index in [2.05, 4.69) is 34.2 Å². The minimum atomic E-state index is 0.0841. The Morgan fingerprint density at radius 2 is 2.09 bits per heavy atom. The van der Waals surface area contributed by atoms with Crippen LogP contribution in [0.5, 0.6) is 0 Å². The lowest BCUT2D eigenvalue weighted by atomic mass is 9.95. The number of hydrogen-bond donors (Lipinski definition) is 0. The molecular weight excluding hydrogens is 286 g/mol. The first kappa shape index (κ1) is 15.7. The van der Waals surface area contributed by atoms with Gasteiger partial charge in [-0.25, -0.2) is 9.97 Å². The fraction of sp³-hybridized carbons (Fsp3) is 0.421. The van der Waals surface area contributed by atoms with Crippen LogP contribution in [-0.2, 0) is 6.42 Å². The smallest absolute Gasteiger partial charge is 0.257 e.